The Bertz CT molecular complexity index is 1400. The van der Waals surface area contributed by atoms with Crippen molar-refractivity contribution >= 4 is 57.0 Å². The Kier molecular flexibility index (Phi) is 6.69. The van der Waals surface area contributed by atoms with Crippen LogP contribution in [-0.4, -0.2) is 45.1 Å². The normalized spacial score (nSPS) is 14.5. The number of imide groups is 1. The third kappa shape index (κ3) is 4.94. The molecule has 0 unspecified atom stereocenters. The van der Waals surface area contributed by atoms with Gasteiger partial charge in [-0.2, -0.15) is 0 Å². The molecule has 0 saturated carbocycles. The average molecular weight is 493 g/mol. The molecule has 3 aromatic rings. The molecule has 1 fully saturated rings. The lowest BCUT2D eigenvalue weighted by molar-refractivity contribution is -0.386. The Labute approximate surface area is 203 Å². The zero-order valence-corrected chi connectivity index (χ0v) is 19.2. The molecule has 1 aliphatic heterocycles. The van der Waals surface area contributed by atoms with E-state index in [0.717, 1.165) is 21.7 Å². The molecule has 0 aromatic heterocycles. The van der Waals surface area contributed by atoms with Crippen molar-refractivity contribution < 1.29 is 29.2 Å². The van der Waals surface area contributed by atoms with Crippen molar-refractivity contribution in [3.05, 3.63) is 75.2 Å². The van der Waals surface area contributed by atoms with Crippen LogP contribution in [0.5, 0.6) is 11.5 Å². The molecule has 3 aromatic carbocycles. The van der Waals surface area contributed by atoms with E-state index in [0.29, 0.717) is 17.4 Å². The number of carbonyl (C=O) groups excluding carboxylic acids is 3. The lowest BCUT2D eigenvalue weighted by Gasteiger charge is -2.13. The summed E-state index contributed by atoms with van der Waals surface area (Å²) in [5, 5.41) is 25.1. The van der Waals surface area contributed by atoms with Crippen LogP contribution in [0.3, 0.4) is 0 Å². The Morgan fingerprint density at radius 1 is 1.20 bits per heavy atom. The number of rotatable bonds is 7. The van der Waals surface area contributed by atoms with Crippen molar-refractivity contribution in [2.45, 2.75) is 6.92 Å². The van der Waals surface area contributed by atoms with Crippen LogP contribution in [0.15, 0.2) is 59.5 Å². The van der Waals surface area contributed by atoms with Gasteiger partial charge >= 0.3 is 5.69 Å². The summed E-state index contributed by atoms with van der Waals surface area (Å²) in [5.74, 6) is -2.01. The molecule has 0 aliphatic carbocycles. The maximum absolute atomic E-state index is 12.8. The van der Waals surface area contributed by atoms with Gasteiger partial charge in [0.15, 0.2) is 5.75 Å². The molecule has 1 heterocycles. The number of nitrogens with one attached hydrogen (secondary N) is 1. The maximum Gasteiger partial charge on any atom is 0.315 e. The summed E-state index contributed by atoms with van der Waals surface area (Å²) in [7, 11) is 0. The minimum Gasteiger partial charge on any atom is -0.500 e. The molecule has 3 amide bonds. The second-order valence-electron chi connectivity index (χ2n) is 7.42. The van der Waals surface area contributed by atoms with Crippen LogP contribution in [-0.2, 0) is 9.59 Å². The number of benzene rings is 3. The number of nitrogens with zero attached hydrogens (tertiary/aromatic N) is 2. The van der Waals surface area contributed by atoms with Crippen molar-refractivity contribution in [1.29, 1.82) is 0 Å². The predicted octanol–water partition coefficient (Wildman–Crippen LogP) is 4.53. The number of anilines is 1. The van der Waals surface area contributed by atoms with Gasteiger partial charge in [0, 0.05) is 17.1 Å². The average Bonchev–Trinajstić information content (AvgIpc) is 3.08. The molecule has 0 spiro atoms. The summed E-state index contributed by atoms with van der Waals surface area (Å²) in [6.07, 6.45) is 1.28. The zero-order valence-electron chi connectivity index (χ0n) is 18.4. The lowest BCUT2D eigenvalue weighted by Crippen LogP contribution is -2.36. The molecule has 2 N–H and O–H groups in total. The van der Waals surface area contributed by atoms with E-state index in [9.17, 15) is 29.6 Å². The molecule has 1 aliphatic rings. The fourth-order valence-corrected chi connectivity index (χ4v) is 4.40. The number of fused-ring (bicyclic) bond motifs is 1. The second kappa shape index (κ2) is 9.85. The number of phenols is 1. The monoisotopic (exact) mass is 493 g/mol. The standard InChI is InChI=1S/C24H19N3O7S/c1-2-34-19-11-14(10-18(22(19)29)27(32)33)12-20-23(30)26(24(31)35-20)13-21(28)25-17-9-5-7-15-6-3-4-8-16(15)17/h3-12,29H,2,13H2,1H3,(H,25,28)/b20-12-. The number of ether oxygens (including phenoxy) is 1. The minimum absolute atomic E-state index is 0.0182. The number of carbonyl (C=O) groups is 3. The highest BCUT2D eigenvalue weighted by atomic mass is 32.2. The van der Waals surface area contributed by atoms with Crippen LogP contribution >= 0.6 is 11.8 Å². The SMILES string of the molecule is CCOc1cc(/C=C2\SC(=O)N(CC(=O)Nc3cccc4ccccc34)C2=O)cc([N+](=O)[O-])c1O. The molecule has 178 valence electrons. The quantitative estimate of drug-likeness (QED) is 0.278. The van der Waals surface area contributed by atoms with Crippen molar-refractivity contribution in [3.63, 3.8) is 0 Å². The lowest BCUT2D eigenvalue weighted by atomic mass is 10.1. The first-order valence-electron chi connectivity index (χ1n) is 10.5. The van der Waals surface area contributed by atoms with Crippen LogP contribution < -0.4 is 10.1 Å². The summed E-state index contributed by atoms with van der Waals surface area (Å²) in [5.41, 5.74) is 0.134. The summed E-state index contributed by atoms with van der Waals surface area (Å²) < 4.78 is 5.24. The first-order chi connectivity index (χ1) is 16.8. The van der Waals surface area contributed by atoms with Crippen LogP contribution in [0.1, 0.15) is 12.5 Å². The third-order valence-electron chi connectivity index (χ3n) is 5.11. The minimum atomic E-state index is -0.779. The molecular weight excluding hydrogens is 474 g/mol. The van der Waals surface area contributed by atoms with Crippen molar-refractivity contribution in [1.82, 2.24) is 4.90 Å². The molecule has 4 rings (SSSR count). The number of aromatic hydroxyl groups is 1. The number of nitro groups is 1. The zero-order chi connectivity index (χ0) is 25.1. The predicted molar refractivity (Wildman–Crippen MR) is 131 cm³/mol. The fraction of sp³-hybridized carbons (Fsp3) is 0.125. The number of phenolic OH excluding ortho intramolecular Hbond substituents is 1. The van der Waals surface area contributed by atoms with Crippen LogP contribution in [0.4, 0.5) is 16.2 Å². The van der Waals surface area contributed by atoms with E-state index < -0.39 is 40.0 Å². The molecule has 10 nitrogen and oxygen atoms in total. The van der Waals surface area contributed by atoms with Crippen LogP contribution in [0.25, 0.3) is 16.8 Å². The van der Waals surface area contributed by atoms with E-state index in [1.807, 2.05) is 30.3 Å². The number of nitro benzene ring substituents is 1. The van der Waals surface area contributed by atoms with Crippen molar-refractivity contribution in [3.8, 4) is 11.5 Å². The van der Waals surface area contributed by atoms with Gasteiger partial charge in [-0.25, -0.2) is 0 Å². The summed E-state index contributed by atoms with van der Waals surface area (Å²) in [6, 6.07) is 15.3. The number of hydrogen-bond acceptors (Lipinski definition) is 8. The maximum atomic E-state index is 12.8. The molecule has 0 atom stereocenters. The van der Waals surface area contributed by atoms with E-state index in [2.05, 4.69) is 5.32 Å². The third-order valence-corrected chi connectivity index (χ3v) is 6.02. The van der Waals surface area contributed by atoms with Gasteiger partial charge in [-0.3, -0.25) is 29.4 Å². The summed E-state index contributed by atoms with van der Waals surface area (Å²) in [6.45, 7) is 1.30. The van der Waals surface area contributed by atoms with E-state index in [4.69, 9.17) is 4.74 Å². The largest absolute Gasteiger partial charge is 0.500 e. The number of thioether (sulfide) groups is 1. The van der Waals surface area contributed by atoms with E-state index >= 15 is 0 Å². The van der Waals surface area contributed by atoms with Gasteiger partial charge in [-0.15, -0.1) is 0 Å². The van der Waals surface area contributed by atoms with Gasteiger partial charge in [-0.05, 0) is 47.8 Å². The van der Waals surface area contributed by atoms with Crippen molar-refractivity contribution in [2.75, 3.05) is 18.5 Å². The Hall–Kier alpha value is -4.38. The molecule has 35 heavy (non-hydrogen) atoms. The Morgan fingerprint density at radius 2 is 1.94 bits per heavy atom. The molecule has 11 heteroatoms. The first kappa shape index (κ1) is 23.8. The Balaban J connectivity index is 1.54. The van der Waals surface area contributed by atoms with Gasteiger partial charge in [0.2, 0.25) is 11.7 Å². The highest BCUT2D eigenvalue weighted by Crippen LogP contribution is 2.39. The molecule has 0 bridgehead atoms. The fourth-order valence-electron chi connectivity index (χ4n) is 3.56. The van der Waals surface area contributed by atoms with E-state index in [-0.39, 0.29) is 22.8 Å². The van der Waals surface area contributed by atoms with Gasteiger partial charge < -0.3 is 15.2 Å². The number of amides is 3. The Morgan fingerprint density at radius 3 is 2.69 bits per heavy atom. The van der Waals surface area contributed by atoms with Gasteiger partial charge in [0.25, 0.3) is 11.1 Å². The van der Waals surface area contributed by atoms with Crippen LogP contribution in [0.2, 0.25) is 0 Å². The summed E-state index contributed by atoms with van der Waals surface area (Å²) in [4.78, 5) is 49.2. The topological polar surface area (TPSA) is 139 Å². The highest BCUT2D eigenvalue weighted by Gasteiger charge is 2.36. The highest BCUT2D eigenvalue weighted by molar-refractivity contribution is 8.18. The van der Waals surface area contributed by atoms with Crippen LogP contribution in [0, 0.1) is 10.1 Å². The van der Waals surface area contributed by atoms with Gasteiger partial charge in [-0.1, -0.05) is 36.4 Å². The van der Waals surface area contributed by atoms with Crippen molar-refractivity contribution in [2.24, 2.45) is 0 Å². The smallest absolute Gasteiger partial charge is 0.315 e. The van der Waals surface area contributed by atoms with E-state index in [1.54, 1.807) is 19.1 Å². The van der Waals surface area contributed by atoms with Gasteiger partial charge in [0.1, 0.15) is 6.54 Å². The first-order valence-corrected chi connectivity index (χ1v) is 11.3. The van der Waals surface area contributed by atoms with E-state index in [1.165, 1.54) is 12.1 Å². The summed E-state index contributed by atoms with van der Waals surface area (Å²) >= 11 is 0.611. The molecule has 1 saturated heterocycles. The molecule has 0 radical (unpaired) electrons. The van der Waals surface area contributed by atoms with Gasteiger partial charge in [0.05, 0.1) is 16.4 Å². The number of hydrogen-bond donors (Lipinski definition) is 2. The second-order valence-corrected chi connectivity index (χ2v) is 8.41. The molecular formula is C24H19N3O7S.